The highest BCUT2D eigenvalue weighted by Crippen LogP contribution is 2.21. The minimum atomic E-state index is -3.00. The van der Waals surface area contributed by atoms with Gasteiger partial charge in [0.15, 0.2) is 11.6 Å². The molecule has 0 atom stereocenters. The SMILES string of the molecule is Cn1cc(C(=O)NCCc2c(F)c(F)nc(F)c2F)c(C(F)F)n1. The molecule has 1 amide bonds. The summed E-state index contributed by atoms with van der Waals surface area (Å²) in [5.41, 5.74) is -2.12. The monoisotopic (exact) mass is 352 g/mol. The molecule has 0 aromatic carbocycles. The van der Waals surface area contributed by atoms with Crippen molar-refractivity contribution in [1.29, 1.82) is 0 Å². The molecule has 0 saturated carbocycles. The zero-order chi connectivity index (χ0) is 18.0. The number of carbonyl (C=O) groups is 1. The van der Waals surface area contributed by atoms with E-state index in [0.29, 0.717) is 0 Å². The van der Waals surface area contributed by atoms with Crippen molar-refractivity contribution in [2.24, 2.45) is 7.05 Å². The number of amides is 1. The van der Waals surface area contributed by atoms with E-state index in [2.05, 4.69) is 15.4 Å². The highest BCUT2D eigenvalue weighted by Gasteiger charge is 2.23. The number of hydrogen-bond acceptors (Lipinski definition) is 3. The molecule has 130 valence electrons. The third kappa shape index (κ3) is 3.49. The van der Waals surface area contributed by atoms with E-state index in [1.54, 1.807) is 0 Å². The van der Waals surface area contributed by atoms with Crippen molar-refractivity contribution in [3.8, 4) is 0 Å². The van der Waals surface area contributed by atoms with Gasteiger partial charge in [0.25, 0.3) is 24.2 Å². The van der Waals surface area contributed by atoms with Gasteiger partial charge in [0.05, 0.1) is 5.56 Å². The average Bonchev–Trinajstić information content (AvgIpc) is 2.91. The van der Waals surface area contributed by atoms with Gasteiger partial charge in [0, 0.05) is 25.4 Å². The third-order valence-corrected chi connectivity index (χ3v) is 3.06. The lowest BCUT2D eigenvalue weighted by Crippen LogP contribution is -2.27. The van der Waals surface area contributed by atoms with E-state index in [0.717, 1.165) is 10.9 Å². The van der Waals surface area contributed by atoms with Gasteiger partial charge in [-0.05, 0) is 6.42 Å². The van der Waals surface area contributed by atoms with Crippen LogP contribution >= 0.6 is 0 Å². The second-order valence-electron chi connectivity index (χ2n) is 4.71. The molecule has 0 aliphatic carbocycles. The van der Waals surface area contributed by atoms with Crippen LogP contribution in [0.25, 0.3) is 0 Å². The maximum Gasteiger partial charge on any atom is 0.282 e. The number of aryl methyl sites for hydroxylation is 1. The van der Waals surface area contributed by atoms with Crippen molar-refractivity contribution in [2.45, 2.75) is 12.8 Å². The molecule has 2 aromatic rings. The summed E-state index contributed by atoms with van der Waals surface area (Å²) in [6.45, 7) is -0.451. The van der Waals surface area contributed by atoms with Crippen molar-refractivity contribution in [3.05, 3.63) is 46.5 Å². The zero-order valence-corrected chi connectivity index (χ0v) is 12.1. The van der Waals surface area contributed by atoms with Crippen molar-refractivity contribution in [2.75, 3.05) is 6.54 Å². The summed E-state index contributed by atoms with van der Waals surface area (Å²) >= 11 is 0. The van der Waals surface area contributed by atoms with Gasteiger partial charge in [-0.25, -0.2) is 17.6 Å². The Kier molecular flexibility index (Phi) is 5.10. The van der Waals surface area contributed by atoms with E-state index >= 15 is 0 Å². The number of pyridine rings is 1. The lowest BCUT2D eigenvalue weighted by Gasteiger charge is -2.08. The van der Waals surface area contributed by atoms with E-state index in [1.807, 2.05) is 0 Å². The number of nitrogens with zero attached hydrogens (tertiary/aromatic N) is 3. The van der Waals surface area contributed by atoms with E-state index < -0.39 is 65.6 Å². The van der Waals surface area contributed by atoms with Gasteiger partial charge >= 0.3 is 0 Å². The Morgan fingerprint density at radius 2 is 1.79 bits per heavy atom. The minimum Gasteiger partial charge on any atom is -0.352 e. The smallest absolute Gasteiger partial charge is 0.282 e. The van der Waals surface area contributed by atoms with Crippen LogP contribution in [0, 0.1) is 23.5 Å². The molecule has 0 aliphatic rings. The number of nitrogens with one attached hydrogen (secondary N) is 1. The first-order valence-corrected chi connectivity index (χ1v) is 6.51. The Hall–Kier alpha value is -2.59. The number of aromatic nitrogens is 3. The summed E-state index contributed by atoms with van der Waals surface area (Å²) in [5, 5.41) is 5.55. The molecule has 0 bridgehead atoms. The maximum atomic E-state index is 13.4. The van der Waals surface area contributed by atoms with E-state index in [4.69, 9.17) is 0 Å². The first-order valence-electron chi connectivity index (χ1n) is 6.51. The lowest BCUT2D eigenvalue weighted by atomic mass is 10.1. The van der Waals surface area contributed by atoms with Crippen LogP contribution in [0.5, 0.6) is 0 Å². The first kappa shape index (κ1) is 17.8. The van der Waals surface area contributed by atoms with Crippen molar-refractivity contribution in [3.63, 3.8) is 0 Å². The molecule has 11 heteroatoms. The first-order chi connectivity index (χ1) is 11.2. The molecule has 0 fully saturated rings. The highest BCUT2D eigenvalue weighted by molar-refractivity contribution is 5.95. The fraction of sp³-hybridized carbons (Fsp3) is 0.308. The van der Waals surface area contributed by atoms with Gasteiger partial charge in [-0.15, -0.1) is 0 Å². The molecule has 0 spiro atoms. The highest BCUT2D eigenvalue weighted by atomic mass is 19.3. The predicted octanol–water partition coefficient (Wildman–Crippen LogP) is 2.28. The largest absolute Gasteiger partial charge is 0.352 e. The fourth-order valence-electron chi connectivity index (χ4n) is 1.99. The molecule has 2 heterocycles. The Labute approximate surface area is 131 Å². The number of alkyl halides is 2. The topological polar surface area (TPSA) is 59.8 Å². The molecule has 0 saturated heterocycles. The number of halogens is 6. The summed E-state index contributed by atoms with van der Waals surface area (Å²) < 4.78 is 79.1. The Morgan fingerprint density at radius 1 is 1.21 bits per heavy atom. The lowest BCUT2D eigenvalue weighted by molar-refractivity contribution is 0.0939. The van der Waals surface area contributed by atoms with Crippen molar-refractivity contribution >= 4 is 5.91 Å². The third-order valence-electron chi connectivity index (χ3n) is 3.06. The van der Waals surface area contributed by atoms with E-state index in [9.17, 15) is 31.1 Å². The summed E-state index contributed by atoms with van der Waals surface area (Å²) in [4.78, 5) is 14.2. The normalized spacial score (nSPS) is 11.2. The molecule has 0 radical (unpaired) electrons. The fourth-order valence-corrected chi connectivity index (χ4v) is 1.99. The van der Waals surface area contributed by atoms with Gasteiger partial charge in [0.2, 0.25) is 0 Å². The molecular formula is C13H10F6N4O. The van der Waals surface area contributed by atoms with Crippen molar-refractivity contribution < 1.29 is 31.1 Å². The van der Waals surface area contributed by atoms with Crippen LogP contribution in [0.4, 0.5) is 26.3 Å². The summed E-state index contributed by atoms with van der Waals surface area (Å²) in [6, 6.07) is 0. The number of rotatable bonds is 5. The summed E-state index contributed by atoms with van der Waals surface area (Å²) in [6.07, 6.45) is -2.56. The van der Waals surface area contributed by atoms with Gasteiger partial charge in [-0.3, -0.25) is 9.48 Å². The van der Waals surface area contributed by atoms with Crippen LogP contribution in [0.2, 0.25) is 0 Å². The van der Waals surface area contributed by atoms with Crippen LogP contribution in [0.1, 0.15) is 28.0 Å². The molecule has 0 aliphatic heterocycles. The minimum absolute atomic E-state index is 0.416. The molecular weight excluding hydrogens is 342 g/mol. The van der Waals surface area contributed by atoms with Gasteiger partial charge in [-0.1, -0.05) is 0 Å². The quantitative estimate of drug-likeness (QED) is 0.664. The van der Waals surface area contributed by atoms with E-state index in [-0.39, 0.29) is 0 Å². The molecule has 2 aromatic heterocycles. The predicted molar refractivity (Wildman–Crippen MR) is 68.3 cm³/mol. The maximum absolute atomic E-state index is 13.4. The van der Waals surface area contributed by atoms with Crippen LogP contribution in [0.3, 0.4) is 0 Å². The van der Waals surface area contributed by atoms with Crippen LogP contribution in [-0.4, -0.2) is 27.2 Å². The number of hydrogen-bond donors (Lipinski definition) is 1. The summed E-state index contributed by atoms with van der Waals surface area (Å²) in [5.74, 6) is -7.96. The Balaban J connectivity index is 2.09. The van der Waals surface area contributed by atoms with Crippen LogP contribution in [0.15, 0.2) is 6.20 Å². The Morgan fingerprint density at radius 3 is 2.33 bits per heavy atom. The van der Waals surface area contributed by atoms with Gasteiger partial charge in [-0.2, -0.15) is 18.9 Å². The van der Waals surface area contributed by atoms with Crippen LogP contribution in [-0.2, 0) is 13.5 Å². The van der Waals surface area contributed by atoms with Gasteiger partial charge in [0.1, 0.15) is 5.69 Å². The number of carbonyl (C=O) groups excluding carboxylic acids is 1. The van der Waals surface area contributed by atoms with Gasteiger partial charge < -0.3 is 5.32 Å². The second-order valence-corrected chi connectivity index (χ2v) is 4.71. The Bertz CT molecular complexity index is 750. The van der Waals surface area contributed by atoms with Crippen molar-refractivity contribution in [1.82, 2.24) is 20.1 Å². The molecule has 5 nitrogen and oxygen atoms in total. The molecule has 24 heavy (non-hydrogen) atoms. The van der Waals surface area contributed by atoms with Crippen LogP contribution < -0.4 is 5.32 Å². The summed E-state index contributed by atoms with van der Waals surface area (Å²) in [7, 11) is 1.33. The second kappa shape index (κ2) is 6.89. The van der Waals surface area contributed by atoms with E-state index in [1.165, 1.54) is 7.05 Å². The zero-order valence-electron chi connectivity index (χ0n) is 12.1. The molecule has 1 N–H and O–H groups in total. The average molecular weight is 352 g/mol. The standard InChI is InChI=1S/C13H10F6N4O/c1-23-4-6(9(22-23)10(16)17)13(24)20-3-2-5-7(14)11(18)21-12(19)8(5)15/h4,10H,2-3H2,1H3,(H,20,24). The molecule has 0 unspecified atom stereocenters. The molecule has 2 rings (SSSR count).